The second-order valence-corrected chi connectivity index (χ2v) is 7.49. The smallest absolute Gasteiger partial charge is 0.00698 e. The van der Waals surface area contributed by atoms with Gasteiger partial charge >= 0.3 is 0 Å². The van der Waals surface area contributed by atoms with Crippen molar-refractivity contribution in [2.45, 2.75) is 91.5 Å². The van der Waals surface area contributed by atoms with Crippen molar-refractivity contribution >= 4 is 0 Å². The molecule has 1 heteroatoms. The predicted octanol–water partition coefficient (Wildman–Crippen LogP) is 5.15. The minimum absolute atomic E-state index is 0.485. The topological polar surface area (TPSA) is 12.0 Å². The molecule has 1 nitrogen and oxygen atoms in total. The summed E-state index contributed by atoms with van der Waals surface area (Å²) in [5, 5.41) is 3.79. The summed E-state index contributed by atoms with van der Waals surface area (Å²) < 4.78 is 0. The van der Waals surface area contributed by atoms with E-state index in [-0.39, 0.29) is 0 Å². The van der Waals surface area contributed by atoms with Crippen LogP contribution < -0.4 is 5.32 Å². The molecule has 1 aliphatic rings. The molecule has 0 bridgehead atoms. The van der Waals surface area contributed by atoms with Gasteiger partial charge in [0.1, 0.15) is 0 Å². The Bertz CT molecular complexity index is 198. The maximum Gasteiger partial charge on any atom is 0.00698 e. The molecule has 1 fully saturated rings. The van der Waals surface area contributed by atoms with Gasteiger partial charge in [0, 0.05) is 6.04 Å². The predicted molar refractivity (Wildman–Crippen MR) is 82.0 cm³/mol. The van der Waals surface area contributed by atoms with Gasteiger partial charge < -0.3 is 5.32 Å². The van der Waals surface area contributed by atoms with Gasteiger partial charge in [0.25, 0.3) is 0 Å². The van der Waals surface area contributed by atoms with Crippen LogP contribution in [0.5, 0.6) is 0 Å². The molecule has 0 aliphatic heterocycles. The molecule has 1 unspecified atom stereocenters. The molecule has 18 heavy (non-hydrogen) atoms. The number of nitrogens with one attached hydrogen (secondary N) is 1. The molecule has 1 aliphatic carbocycles. The largest absolute Gasteiger partial charge is 0.314 e. The van der Waals surface area contributed by atoms with Crippen LogP contribution in [-0.2, 0) is 0 Å². The van der Waals surface area contributed by atoms with E-state index < -0.39 is 0 Å². The lowest BCUT2D eigenvalue weighted by atomic mass is 9.82. The third kappa shape index (κ3) is 7.41. The first kappa shape index (κ1) is 16.0. The molecule has 1 saturated carbocycles. The Kier molecular flexibility index (Phi) is 7.29. The minimum atomic E-state index is 0.485. The standard InChI is InChI=1S/C17H35N/c1-5-13-18-16(11-12-17(2,3)4)14-15-9-7-6-8-10-15/h15-16,18H,5-14H2,1-4H3. The molecular formula is C17H35N. The van der Waals surface area contributed by atoms with Crippen LogP contribution in [0.1, 0.15) is 85.5 Å². The third-order valence-corrected chi connectivity index (χ3v) is 4.27. The zero-order chi connectivity index (χ0) is 13.4. The fraction of sp³-hybridized carbons (Fsp3) is 1.00. The lowest BCUT2D eigenvalue weighted by Gasteiger charge is -2.29. The van der Waals surface area contributed by atoms with Gasteiger partial charge in [0.15, 0.2) is 0 Å². The van der Waals surface area contributed by atoms with E-state index in [0.717, 1.165) is 12.0 Å². The van der Waals surface area contributed by atoms with E-state index in [1.807, 2.05) is 0 Å². The third-order valence-electron chi connectivity index (χ3n) is 4.27. The minimum Gasteiger partial charge on any atom is -0.314 e. The Morgan fingerprint density at radius 2 is 1.78 bits per heavy atom. The Hall–Kier alpha value is -0.0400. The molecular weight excluding hydrogens is 218 g/mol. The van der Waals surface area contributed by atoms with Gasteiger partial charge in [-0.1, -0.05) is 59.8 Å². The van der Waals surface area contributed by atoms with Crippen molar-refractivity contribution < 1.29 is 0 Å². The van der Waals surface area contributed by atoms with Crippen LogP contribution in [-0.4, -0.2) is 12.6 Å². The van der Waals surface area contributed by atoms with E-state index in [0.29, 0.717) is 5.41 Å². The molecule has 0 aromatic carbocycles. The van der Waals surface area contributed by atoms with Gasteiger partial charge in [-0.3, -0.25) is 0 Å². The summed E-state index contributed by atoms with van der Waals surface area (Å²) in [6.07, 6.45) is 12.8. The molecule has 0 amide bonds. The highest BCUT2D eigenvalue weighted by Crippen LogP contribution is 2.30. The fourth-order valence-corrected chi connectivity index (χ4v) is 3.08. The normalized spacial score (nSPS) is 20.0. The van der Waals surface area contributed by atoms with E-state index in [1.54, 1.807) is 0 Å². The summed E-state index contributed by atoms with van der Waals surface area (Å²) in [7, 11) is 0. The van der Waals surface area contributed by atoms with Crippen molar-refractivity contribution in [1.82, 2.24) is 5.32 Å². The van der Waals surface area contributed by atoms with E-state index in [9.17, 15) is 0 Å². The van der Waals surface area contributed by atoms with Crippen LogP contribution in [0.4, 0.5) is 0 Å². The van der Waals surface area contributed by atoms with Gasteiger partial charge in [-0.15, -0.1) is 0 Å². The lowest BCUT2D eigenvalue weighted by molar-refractivity contribution is 0.265. The second-order valence-electron chi connectivity index (χ2n) is 7.49. The van der Waals surface area contributed by atoms with Crippen LogP contribution in [0.3, 0.4) is 0 Å². The first-order valence-electron chi connectivity index (χ1n) is 8.24. The highest BCUT2D eigenvalue weighted by molar-refractivity contribution is 4.76. The van der Waals surface area contributed by atoms with Crippen molar-refractivity contribution in [1.29, 1.82) is 0 Å². The highest BCUT2D eigenvalue weighted by atomic mass is 14.9. The van der Waals surface area contributed by atoms with Gasteiger partial charge in [-0.05, 0) is 43.6 Å². The first-order valence-corrected chi connectivity index (χ1v) is 8.24. The monoisotopic (exact) mass is 253 g/mol. The fourth-order valence-electron chi connectivity index (χ4n) is 3.08. The molecule has 1 atom stereocenters. The average molecular weight is 253 g/mol. The molecule has 0 spiro atoms. The second kappa shape index (κ2) is 8.19. The summed E-state index contributed by atoms with van der Waals surface area (Å²) in [4.78, 5) is 0. The first-order chi connectivity index (χ1) is 8.51. The Balaban J connectivity index is 2.33. The highest BCUT2D eigenvalue weighted by Gasteiger charge is 2.20. The van der Waals surface area contributed by atoms with Crippen molar-refractivity contribution in [2.24, 2.45) is 11.3 Å². The quantitative estimate of drug-likeness (QED) is 0.661. The molecule has 108 valence electrons. The van der Waals surface area contributed by atoms with Crippen LogP contribution in [0.2, 0.25) is 0 Å². The summed E-state index contributed by atoms with van der Waals surface area (Å²) in [5.41, 5.74) is 0.485. The van der Waals surface area contributed by atoms with Crippen molar-refractivity contribution in [3.8, 4) is 0 Å². The zero-order valence-corrected chi connectivity index (χ0v) is 13.2. The van der Waals surface area contributed by atoms with Crippen molar-refractivity contribution in [3.63, 3.8) is 0 Å². The van der Waals surface area contributed by atoms with E-state index in [1.165, 1.54) is 64.3 Å². The zero-order valence-electron chi connectivity index (χ0n) is 13.2. The van der Waals surface area contributed by atoms with Crippen molar-refractivity contribution in [2.75, 3.05) is 6.54 Å². The molecule has 0 aromatic rings. The average Bonchev–Trinajstić information content (AvgIpc) is 2.33. The Labute approximate surface area is 115 Å². The van der Waals surface area contributed by atoms with Crippen LogP contribution in [0.15, 0.2) is 0 Å². The maximum atomic E-state index is 3.79. The summed E-state index contributed by atoms with van der Waals surface area (Å²) in [5.74, 6) is 1.01. The summed E-state index contributed by atoms with van der Waals surface area (Å²) >= 11 is 0. The molecule has 1 N–H and O–H groups in total. The van der Waals surface area contributed by atoms with Gasteiger partial charge in [-0.2, -0.15) is 0 Å². The van der Waals surface area contributed by atoms with Crippen LogP contribution in [0, 0.1) is 11.3 Å². The van der Waals surface area contributed by atoms with E-state index in [4.69, 9.17) is 0 Å². The molecule has 0 radical (unpaired) electrons. The molecule has 0 aromatic heterocycles. The SMILES string of the molecule is CCCNC(CCC(C)(C)C)CC1CCCCC1. The van der Waals surface area contributed by atoms with Crippen molar-refractivity contribution in [3.05, 3.63) is 0 Å². The van der Waals surface area contributed by atoms with Crippen LogP contribution >= 0.6 is 0 Å². The number of hydrogen-bond acceptors (Lipinski definition) is 1. The van der Waals surface area contributed by atoms with Gasteiger partial charge in [0.05, 0.1) is 0 Å². The van der Waals surface area contributed by atoms with E-state index in [2.05, 4.69) is 33.0 Å². The van der Waals surface area contributed by atoms with Crippen LogP contribution in [0.25, 0.3) is 0 Å². The lowest BCUT2D eigenvalue weighted by Crippen LogP contribution is -2.33. The van der Waals surface area contributed by atoms with Gasteiger partial charge in [0.2, 0.25) is 0 Å². The Morgan fingerprint density at radius 3 is 2.33 bits per heavy atom. The number of rotatable bonds is 7. The van der Waals surface area contributed by atoms with Gasteiger partial charge in [-0.25, -0.2) is 0 Å². The number of hydrogen-bond donors (Lipinski definition) is 1. The molecule has 1 rings (SSSR count). The molecule has 0 heterocycles. The van der Waals surface area contributed by atoms with E-state index >= 15 is 0 Å². The summed E-state index contributed by atoms with van der Waals surface area (Å²) in [6, 6.07) is 0.771. The summed E-state index contributed by atoms with van der Waals surface area (Å²) in [6.45, 7) is 10.6. The Morgan fingerprint density at radius 1 is 1.11 bits per heavy atom. The molecule has 0 saturated heterocycles. The maximum absolute atomic E-state index is 3.79.